The number of carbonyl (C=O) groups is 2. The first kappa shape index (κ1) is 16.0. The van der Waals surface area contributed by atoms with Gasteiger partial charge in [0.15, 0.2) is 6.61 Å². The third kappa shape index (κ3) is 3.40. The van der Waals surface area contributed by atoms with Gasteiger partial charge in [-0.1, -0.05) is 17.3 Å². The molecule has 126 valence electrons. The van der Waals surface area contributed by atoms with E-state index in [1.165, 1.54) is 0 Å². The molecule has 2 aromatic rings. The molecule has 0 saturated heterocycles. The Labute approximate surface area is 139 Å². The largest absolute Gasteiger partial charge is 0.482 e. The molecule has 3 rings (SSSR count). The van der Waals surface area contributed by atoms with E-state index in [-0.39, 0.29) is 24.8 Å². The number of aryl methyl sites for hydroxylation is 1. The number of anilines is 1. The van der Waals surface area contributed by atoms with Crippen molar-refractivity contribution in [1.82, 2.24) is 10.1 Å². The molecule has 1 aromatic heterocycles. The van der Waals surface area contributed by atoms with Crippen molar-refractivity contribution >= 4 is 17.5 Å². The second kappa shape index (κ2) is 6.74. The molecular weight excluding hydrogens is 310 g/mol. The summed E-state index contributed by atoms with van der Waals surface area (Å²) in [5.74, 6) is 1.17. The van der Waals surface area contributed by atoms with Gasteiger partial charge in [-0.05, 0) is 19.1 Å². The number of benzene rings is 1. The molecule has 2 amide bonds. The molecule has 0 fully saturated rings. The molecule has 0 saturated carbocycles. The molecule has 0 aliphatic carbocycles. The maximum absolute atomic E-state index is 12.3. The Morgan fingerprint density at radius 3 is 2.92 bits per heavy atom. The van der Waals surface area contributed by atoms with Crippen LogP contribution in [-0.4, -0.2) is 42.1 Å². The summed E-state index contributed by atoms with van der Waals surface area (Å²) < 4.78 is 10.4. The lowest BCUT2D eigenvalue weighted by Gasteiger charge is -2.29. The van der Waals surface area contributed by atoms with Gasteiger partial charge in [0, 0.05) is 26.1 Å². The molecular formula is C17H19N3O4. The fourth-order valence-corrected chi connectivity index (χ4v) is 2.62. The predicted octanol–water partition coefficient (Wildman–Crippen LogP) is 1.76. The zero-order chi connectivity index (χ0) is 17.1. The summed E-state index contributed by atoms with van der Waals surface area (Å²) in [4.78, 5) is 27.6. The van der Waals surface area contributed by atoms with E-state index >= 15 is 0 Å². The third-order valence-corrected chi connectivity index (χ3v) is 3.86. The van der Waals surface area contributed by atoms with Crippen LogP contribution >= 0.6 is 0 Å². The van der Waals surface area contributed by atoms with Gasteiger partial charge < -0.3 is 19.1 Å². The Hall–Kier alpha value is -2.83. The highest BCUT2D eigenvalue weighted by Gasteiger charge is 2.25. The van der Waals surface area contributed by atoms with Crippen molar-refractivity contribution in [2.24, 2.45) is 0 Å². The van der Waals surface area contributed by atoms with E-state index < -0.39 is 0 Å². The lowest BCUT2D eigenvalue weighted by Crippen LogP contribution is -2.41. The molecule has 0 unspecified atom stereocenters. The highest BCUT2D eigenvalue weighted by atomic mass is 16.5. The zero-order valence-corrected chi connectivity index (χ0v) is 13.7. The minimum absolute atomic E-state index is 0.000735. The average molecular weight is 329 g/mol. The Morgan fingerprint density at radius 2 is 2.17 bits per heavy atom. The highest BCUT2D eigenvalue weighted by molar-refractivity contribution is 5.98. The van der Waals surface area contributed by atoms with E-state index in [4.69, 9.17) is 9.26 Å². The van der Waals surface area contributed by atoms with Crippen molar-refractivity contribution in [1.29, 1.82) is 0 Å². The van der Waals surface area contributed by atoms with Gasteiger partial charge >= 0.3 is 0 Å². The topological polar surface area (TPSA) is 75.9 Å². The summed E-state index contributed by atoms with van der Waals surface area (Å²) >= 11 is 0. The number of aromatic nitrogens is 1. The van der Waals surface area contributed by atoms with Gasteiger partial charge in [0.2, 0.25) is 5.91 Å². The lowest BCUT2D eigenvalue weighted by atomic mass is 10.2. The summed E-state index contributed by atoms with van der Waals surface area (Å²) in [6, 6.07) is 9.13. The van der Waals surface area contributed by atoms with Crippen LogP contribution in [0.2, 0.25) is 0 Å². The lowest BCUT2D eigenvalue weighted by molar-refractivity contribution is -0.130. The van der Waals surface area contributed by atoms with Crippen LogP contribution in [0.5, 0.6) is 5.75 Å². The predicted molar refractivity (Wildman–Crippen MR) is 86.6 cm³/mol. The summed E-state index contributed by atoms with van der Waals surface area (Å²) in [6.45, 7) is 2.50. The Kier molecular flexibility index (Phi) is 4.50. The summed E-state index contributed by atoms with van der Waals surface area (Å²) in [5.41, 5.74) is 1.41. The first-order valence-electron chi connectivity index (χ1n) is 7.73. The second-order valence-corrected chi connectivity index (χ2v) is 5.73. The molecule has 0 spiro atoms. The van der Waals surface area contributed by atoms with Crippen molar-refractivity contribution in [2.75, 3.05) is 25.1 Å². The number of nitrogens with zero attached hydrogens (tertiary/aromatic N) is 3. The number of para-hydroxylation sites is 2. The van der Waals surface area contributed by atoms with Gasteiger partial charge in [-0.2, -0.15) is 0 Å². The molecule has 1 aromatic carbocycles. The number of hydrogen-bond donors (Lipinski definition) is 0. The van der Waals surface area contributed by atoms with E-state index in [9.17, 15) is 9.59 Å². The van der Waals surface area contributed by atoms with Gasteiger partial charge in [0.05, 0.1) is 12.2 Å². The monoisotopic (exact) mass is 329 g/mol. The van der Waals surface area contributed by atoms with E-state index in [1.807, 2.05) is 24.3 Å². The van der Waals surface area contributed by atoms with Crippen LogP contribution < -0.4 is 9.64 Å². The number of hydrogen-bond acceptors (Lipinski definition) is 5. The highest BCUT2D eigenvalue weighted by Crippen LogP contribution is 2.31. The Bertz CT molecular complexity index is 756. The third-order valence-electron chi connectivity index (χ3n) is 3.86. The Morgan fingerprint density at radius 1 is 1.38 bits per heavy atom. The summed E-state index contributed by atoms with van der Waals surface area (Å²) in [7, 11) is 1.71. The van der Waals surface area contributed by atoms with E-state index in [2.05, 4.69) is 5.16 Å². The van der Waals surface area contributed by atoms with Crippen molar-refractivity contribution in [3.05, 3.63) is 41.8 Å². The van der Waals surface area contributed by atoms with Crippen molar-refractivity contribution in [3.63, 3.8) is 0 Å². The number of amides is 2. The molecule has 1 aliphatic heterocycles. The average Bonchev–Trinajstić information content (AvgIpc) is 2.98. The van der Waals surface area contributed by atoms with Crippen LogP contribution in [0.4, 0.5) is 5.69 Å². The molecule has 7 heteroatoms. The molecule has 2 heterocycles. The van der Waals surface area contributed by atoms with Crippen LogP contribution in [0.3, 0.4) is 0 Å². The van der Waals surface area contributed by atoms with Crippen molar-refractivity contribution in [2.45, 2.75) is 19.9 Å². The molecule has 7 nitrogen and oxygen atoms in total. The quantitative estimate of drug-likeness (QED) is 0.835. The first-order chi connectivity index (χ1) is 11.5. The second-order valence-electron chi connectivity index (χ2n) is 5.73. The maximum atomic E-state index is 12.3. The summed E-state index contributed by atoms with van der Waals surface area (Å²) in [5, 5.41) is 3.88. The van der Waals surface area contributed by atoms with Crippen molar-refractivity contribution < 1.29 is 18.8 Å². The first-order valence-corrected chi connectivity index (χ1v) is 7.73. The van der Waals surface area contributed by atoms with Gasteiger partial charge in [0.1, 0.15) is 17.2 Å². The smallest absolute Gasteiger partial charge is 0.265 e. The molecule has 0 atom stereocenters. The van der Waals surface area contributed by atoms with Gasteiger partial charge in [0.25, 0.3) is 5.91 Å². The number of ether oxygens (including phenoxy) is 1. The van der Waals surface area contributed by atoms with Gasteiger partial charge in [-0.15, -0.1) is 0 Å². The molecule has 0 bridgehead atoms. The fourth-order valence-electron chi connectivity index (χ4n) is 2.62. The summed E-state index contributed by atoms with van der Waals surface area (Å²) in [6.07, 6.45) is 0.230. The van der Waals surface area contributed by atoms with Crippen LogP contribution in [0, 0.1) is 6.92 Å². The number of rotatable bonds is 5. The Balaban J connectivity index is 1.60. The molecule has 0 N–H and O–H groups in total. The molecule has 1 aliphatic rings. The minimum atomic E-state index is -0.142. The number of fused-ring (bicyclic) bond motifs is 1. The van der Waals surface area contributed by atoms with Crippen LogP contribution in [0.15, 0.2) is 34.9 Å². The fraction of sp³-hybridized carbons (Fsp3) is 0.353. The van der Waals surface area contributed by atoms with E-state index in [1.54, 1.807) is 29.8 Å². The van der Waals surface area contributed by atoms with E-state index in [0.717, 1.165) is 0 Å². The van der Waals surface area contributed by atoms with E-state index in [0.29, 0.717) is 36.0 Å². The standard InChI is InChI=1S/C17H19N3O4/c1-12-9-13(18-24-12)10-19(2)16(21)7-8-20-14-5-3-4-6-15(14)23-11-17(20)22/h3-6,9H,7-8,10-11H2,1-2H3. The van der Waals surface area contributed by atoms with Crippen molar-refractivity contribution in [3.8, 4) is 5.75 Å². The van der Waals surface area contributed by atoms with Crippen LogP contribution in [-0.2, 0) is 16.1 Å². The SMILES string of the molecule is Cc1cc(CN(C)C(=O)CCN2C(=O)COc3ccccc32)no1. The van der Waals surface area contributed by atoms with Crippen LogP contribution in [0.25, 0.3) is 0 Å². The zero-order valence-electron chi connectivity index (χ0n) is 13.7. The van der Waals surface area contributed by atoms with Gasteiger partial charge in [-0.3, -0.25) is 9.59 Å². The number of carbonyl (C=O) groups excluding carboxylic acids is 2. The van der Waals surface area contributed by atoms with Gasteiger partial charge in [-0.25, -0.2) is 0 Å². The molecule has 24 heavy (non-hydrogen) atoms. The minimum Gasteiger partial charge on any atom is -0.482 e. The van der Waals surface area contributed by atoms with Crippen LogP contribution in [0.1, 0.15) is 17.9 Å². The molecule has 0 radical (unpaired) electrons. The maximum Gasteiger partial charge on any atom is 0.265 e. The normalized spacial score (nSPS) is 13.4.